The Morgan fingerprint density at radius 3 is 2.75 bits per heavy atom. The standard InChI is InChI=1S/C14H17N2O3S/c1-15(2)4-3-5-16(17)14-7-10-6-11-12(19-9-18-11)8-13(10)20-14/h6-8H,3-5,9H2,1-2H3/q+1. The zero-order valence-corrected chi connectivity index (χ0v) is 12.4. The third-order valence-electron chi connectivity index (χ3n) is 3.21. The lowest BCUT2D eigenvalue weighted by atomic mass is 10.2. The van der Waals surface area contributed by atoms with Crippen LogP contribution in [0.2, 0.25) is 0 Å². The first kappa shape index (κ1) is 13.3. The number of rotatable bonds is 5. The number of hydrogen-bond donors (Lipinski definition) is 0. The lowest BCUT2D eigenvalue weighted by Crippen LogP contribution is -2.16. The molecular weight excluding hydrogens is 276 g/mol. The third kappa shape index (κ3) is 2.62. The maximum absolute atomic E-state index is 12.1. The van der Waals surface area contributed by atoms with Crippen LogP contribution in [0.1, 0.15) is 6.42 Å². The van der Waals surface area contributed by atoms with Gasteiger partial charge in [-0.25, -0.2) is 0 Å². The maximum Gasteiger partial charge on any atom is 0.312 e. The Morgan fingerprint density at radius 1 is 1.25 bits per heavy atom. The number of ether oxygens (including phenoxy) is 2. The molecule has 0 amide bonds. The van der Waals surface area contributed by atoms with E-state index in [2.05, 4.69) is 4.90 Å². The predicted molar refractivity (Wildman–Crippen MR) is 79.3 cm³/mol. The zero-order chi connectivity index (χ0) is 14.1. The Balaban J connectivity index is 1.77. The largest absolute Gasteiger partial charge is 0.454 e. The van der Waals surface area contributed by atoms with Crippen molar-refractivity contribution in [3.63, 3.8) is 0 Å². The molecule has 2 heterocycles. The molecule has 1 aliphatic heterocycles. The molecule has 0 spiro atoms. The monoisotopic (exact) mass is 293 g/mol. The second kappa shape index (κ2) is 5.38. The highest BCUT2D eigenvalue weighted by Gasteiger charge is 2.21. The molecule has 0 saturated carbocycles. The quantitative estimate of drug-likeness (QED) is 0.795. The fraction of sp³-hybridized carbons (Fsp3) is 0.429. The smallest absolute Gasteiger partial charge is 0.312 e. The molecular formula is C14H17N2O3S+. The predicted octanol–water partition coefficient (Wildman–Crippen LogP) is 2.99. The minimum absolute atomic E-state index is 0.275. The molecule has 0 radical (unpaired) electrons. The second-order valence-corrected chi connectivity index (χ2v) is 6.15. The number of fused-ring (bicyclic) bond motifs is 2. The van der Waals surface area contributed by atoms with Crippen LogP contribution in [0.4, 0.5) is 5.00 Å². The summed E-state index contributed by atoms with van der Waals surface area (Å²) in [5.74, 6) is 1.52. The highest BCUT2D eigenvalue weighted by atomic mass is 32.1. The van der Waals surface area contributed by atoms with Gasteiger partial charge in [-0.1, -0.05) is 11.3 Å². The first-order chi connectivity index (χ1) is 9.63. The van der Waals surface area contributed by atoms with Crippen LogP contribution in [-0.4, -0.2) is 43.6 Å². The molecule has 2 aromatic rings. The Kier molecular flexibility index (Phi) is 3.58. The lowest BCUT2D eigenvalue weighted by molar-refractivity contribution is -0.459. The highest BCUT2D eigenvalue weighted by Crippen LogP contribution is 2.41. The second-order valence-electron chi connectivity index (χ2n) is 5.09. The van der Waals surface area contributed by atoms with E-state index in [1.807, 2.05) is 32.3 Å². The maximum atomic E-state index is 12.1. The molecule has 0 bridgehead atoms. The van der Waals surface area contributed by atoms with Crippen molar-refractivity contribution in [3.8, 4) is 11.5 Å². The summed E-state index contributed by atoms with van der Waals surface area (Å²) in [6.07, 6.45) is 0.855. The molecule has 0 atom stereocenters. The molecule has 5 nitrogen and oxygen atoms in total. The van der Waals surface area contributed by atoms with E-state index >= 15 is 0 Å². The van der Waals surface area contributed by atoms with Crippen LogP contribution >= 0.6 is 11.3 Å². The average molecular weight is 293 g/mol. The van der Waals surface area contributed by atoms with Gasteiger partial charge in [0.05, 0.1) is 0 Å². The van der Waals surface area contributed by atoms with E-state index in [1.54, 1.807) is 0 Å². The lowest BCUT2D eigenvalue weighted by Gasteiger charge is -2.05. The number of thiophene rings is 1. The fourth-order valence-electron chi connectivity index (χ4n) is 2.18. The van der Waals surface area contributed by atoms with Crippen molar-refractivity contribution in [1.29, 1.82) is 0 Å². The van der Waals surface area contributed by atoms with Gasteiger partial charge in [0.15, 0.2) is 11.5 Å². The first-order valence-electron chi connectivity index (χ1n) is 6.56. The molecule has 6 heteroatoms. The summed E-state index contributed by atoms with van der Waals surface area (Å²) in [7, 11) is 4.02. The number of hydrogen-bond acceptors (Lipinski definition) is 5. The molecule has 0 aliphatic carbocycles. The van der Waals surface area contributed by atoms with Crippen molar-refractivity contribution >= 4 is 26.4 Å². The molecule has 0 N–H and O–H groups in total. The molecule has 0 saturated heterocycles. The minimum atomic E-state index is 0.275. The molecule has 1 aromatic carbocycles. The van der Waals surface area contributed by atoms with E-state index in [0.29, 0.717) is 6.54 Å². The Labute approximate surface area is 121 Å². The fourth-order valence-corrected chi connectivity index (χ4v) is 3.18. The number of nitrogens with zero attached hydrogens (tertiary/aromatic N) is 2. The highest BCUT2D eigenvalue weighted by molar-refractivity contribution is 7.22. The number of benzene rings is 1. The van der Waals surface area contributed by atoms with Gasteiger partial charge in [-0.2, -0.15) is 0 Å². The summed E-state index contributed by atoms with van der Waals surface area (Å²) in [4.78, 5) is 14.2. The van der Waals surface area contributed by atoms with Crippen LogP contribution in [0.15, 0.2) is 18.2 Å². The molecule has 3 rings (SSSR count). The van der Waals surface area contributed by atoms with E-state index in [1.165, 1.54) is 11.3 Å². The van der Waals surface area contributed by atoms with Gasteiger partial charge in [0.2, 0.25) is 13.3 Å². The summed E-state index contributed by atoms with van der Waals surface area (Å²) in [5, 5.41) is 1.77. The first-order valence-corrected chi connectivity index (χ1v) is 7.38. The van der Waals surface area contributed by atoms with Gasteiger partial charge in [0.1, 0.15) is 0 Å². The summed E-state index contributed by atoms with van der Waals surface area (Å²) in [5.41, 5.74) is 0. The normalized spacial score (nSPS) is 13.3. The van der Waals surface area contributed by atoms with E-state index in [4.69, 9.17) is 9.47 Å². The van der Waals surface area contributed by atoms with Crippen molar-refractivity contribution in [2.45, 2.75) is 6.42 Å². The van der Waals surface area contributed by atoms with Crippen LogP contribution in [0, 0.1) is 4.91 Å². The molecule has 1 aliphatic rings. The topological polar surface area (TPSA) is 41.8 Å². The van der Waals surface area contributed by atoms with Gasteiger partial charge in [-0.05, 0) is 20.2 Å². The SMILES string of the molecule is CN(C)CCC[N+](=O)c1cc2cc3c(cc2s1)OCO3. The van der Waals surface area contributed by atoms with Crippen molar-refractivity contribution in [3.05, 3.63) is 23.1 Å². The van der Waals surface area contributed by atoms with E-state index in [-0.39, 0.29) is 6.79 Å². The molecule has 0 fully saturated rings. The van der Waals surface area contributed by atoms with Crippen LogP contribution in [-0.2, 0) is 0 Å². The minimum Gasteiger partial charge on any atom is -0.454 e. The van der Waals surface area contributed by atoms with Crippen molar-refractivity contribution in [2.24, 2.45) is 0 Å². The van der Waals surface area contributed by atoms with Gasteiger partial charge in [-0.3, -0.25) is 0 Å². The van der Waals surface area contributed by atoms with Gasteiger partial charge >= 0.3 is 5.00 Å². The average Bonchev–Trinajstić information content (AvgIpc) is 2.99. The summed E-state index contributed by atoms with van der Waals surface area (Å²) in [6, 6.07) is 5.80. The Bertz CT molecular complexity index is 610. The summed E-state index contributed by atoms with van der Waals surface area (Å²) in [6.45, 7) is 1.70. The summed E-state index contributed by atoms with van der Waals surface area (Å²) < 4.78 is 12.8. The molecule has 20 heavy (non-hydrogen) atoms. The van der Waals surface area contributed by atoms with E-state index in [9.17, 15) is 4.91 Å². The van der Waals surface area contributed by atoms with Crippen molar-refractivity contribution in [1.82, 2.24) is 4.90 Å². The van der Waals surface area contributed by atoms with Gasteiger partial charge in [0, 0.05) is 44.9 Å². The van der Waals surface area contributed by atoms with E-state index in [0.717, 1.165) is 44.3 Å². The van der Waals surface area contributed by atoms with Crippen molar-refractivity contribution < 1.29 is 14.2 Å². The summed E-state index contributed by atoms with van der Waals surface area (Å²) >= 11 is 1.49. The zero-order valence-electron chi connectivity index (χ0n) is 11.6. The Morgan fingerprint density at radius 2 is 2.00 bits per heavy atom. The van der Waals surface area contributed by atoms with Crippen LogP contribution in [0.5, 0.6) is 11.5 Å². The van der Waals surface area contributed by atoms with Crippen LogP contribution in [0.3, 0.4) is 0 Å². The van der Waals surface area contributed by atoms with E-state index < -0.39 is 0 Å². The van der Waals surface area contributed by atoms with Gasteiger partial charge in [0.25, 0.3) is 0 Å². The van der Waals surface area contributed by atoms with Crippen LogP contribution in [0.25, 0.3) is 10.1 Å². The van der Waals surface area contributed by atoms with Gasteiger partial charge < -0.3 is 14.4 Å². The Hall–Kier alpha value is -1.66. The van der Waals surface area contributed by atoms with Crippen molar-refractivity contribution in [2.75, 3.05) is 34.0 Å². The molecule has 0 unspecified atom stereocenters. The number of nitroso groups, excluding NO2 is 1. The third-order valence-corrected chi connectivity index (χ3v) is 4.31. The molecule has 106 valence electrons. The van der Waals surface area contributed by atoms with Crippen LogP contribution < -0.4 is 9.47 Å². The van der Waals surface area contributed by atoms with Gasteiger partial charge in [-0.15, -0.1) is 0 Å². The molecule has 1 aromatic heterocycles.